The number of carbonyl (C=O) groups excluding carboxylic acids is 2. The lowest BCUT2D eigenvalue weighted by Crippen LogP contribution is -2.31. The van der Waals surface area contributed by atoms with Gasteiger partial charge in [-0.1, -0.05) is 36.4 Å². The van der Waals surface area contributed by atoms with Crippen molar-refractivity contribution >= 4 is 28.6 Å². The highest BCUT2D eigenvalue weighted by molar-refractivity contribution is 6.47. The van der Waals surface area contributed by atoms with Crippen molar-refractivity contribution in [3.05, 3.63) is 103 Å². The van der Waals surface area contributed by atoms with Crippen molar-refractivity contribution in [3.63, 3.8) is 0 Å². The van der Waals surface area contributed by atoms with E-state index in [-0.39, 0.29) is 0 Å². The molecule has 0 atom stereocenters. The van der Waals surface area contributed by atoms with E-state index in [2.05, 4.69) is 21.8 Å². The summed E-state index contributed by atoms with van der Waals surface area (Å²) in [6, 6.07) is 24.8. The number of hydrogen-bond acceptors (Lipinski definition) is 5. The Morgan fingerprint density at radius 2 is 1.71 bits per heavy atom. The zero-order valence-electron chi connectivity index (χ0n) is 19.4. The van der Waals surface area contributed by atoms with Gasteiger partial charge in [0.05, 0.1) is 7.11 Å². The van der Waals surface area contributed by atoms with E-state index in [4.69, 9.17) is 4.84 Å². The largest absolute Gasteiger partial charge is 0.367 e. The zero-order valence-corrected chi connectivity index (χ0v) is 19.4. The molecule has 7 heteroatoms. The first-order chi connectivity index (χ1) is 17.1. The highest BCUT2D eigenvalue weighted by Crippen LogP contribution is 2.29. The lowest BCUT2D eigenvalue weighted by atomic mass is 10.0. The third kappa shape index (κ3) is 4.67. The summed E-state index contributed by atoms with van der Waals surface area (Å²) < 4.78 is 1.77. The highest BCUT2D eigenvalue weighted by Gasteiger charge is 2.25. The second kappa shape index (κ2) is 9.87. The molecule has 0 saturated heterocycles. The van der Waals surface area contributed by atoms with Crippen LogP contribution < -0.4 is 15.7 Å². The molecule has 4 aromatic rings. The van der Waals surface area contributed by atoms with Gasteiger partial charge in [-0.25, -0.2) is 0 Å². The molecule has 2 N–H and O–H groups in total. The minimum Gasteiger partial charge on any atom is -0.367 e. The molecule has 35 heavy (non-hydrogen) atoms. The van der Waals surface area contributed by atoms with E-state index in [1.54, 1.807) is 17.7 Å². The van der Waals surface area contributed by atoms with Crippen LogP contribution in [0.25, 0.3) is 16.6 Å². The van der Waals surface area contributed by atoms with E-state index in [1.807, 2.05) is 78.9 Å². The van der Waals surface area contributed by atoms with Crippen LogP contribution in [0.4, 0.5) is 11.4 Å². The molecule has 5 rings (SSSR count). The molecule has 2 aromatic carbocycles. The first kappa shape index (κ1) is 22.4. The highest BCUT2D eigenvalue weighted by atomic mass is 16.6. The van der Waals surface area contributed by atoms with E-state index >= 15 is 0 Å². The smallest absolute Gasteiger partial charge is 0.298 e. The Hall–Kier alpha value is -4.36. The van der Waals surface area contributed by atoms with Crippen LogP contribution in [-0.4, -0.2) is 36.3 Å². The number of benzene rings is 2. The van der Waals surface area contributed by atoms with Gasteiger partial charge in [-0.3, -0.25) is 19.9 Å². The molecule has 1 aliphatic heterocycles. The number of anilines is 2. The molecule has 0 bridgehead atoms. The van der Waals surface area contributed by atoms with Crippen LogP contribution in [0.5, 0.6) is 0 Å². The molecule has 0 aliphatic carbocycles. The molecule has 0 unspecified atom stereocenters. The van der Waals surface area contributed by atoms with Gasteiger partial charge in [-0.2, -0.15) is 0 Å². The number of carbonyl (C=O) groups is 2. The zero-order chi connectivity index (χ0) is 24.2. The fourth-order valence-electron chi connectivity index (χ4n) is 4.37. The summed E-state index contributed by atoms with van der Waals surface area (Å²) in [6.07, 6.45) is 4.75. The first-order valence-corrected chi connectivity index (χ1v) is 11.5. The number of Topliss-reactive ketones (excluding diaryl/α,β-unsaturated/α-hetero) is 1. The first-order valence-electron chi connectivity index (χ1n) is 11.5. The molecule has 7 nitrogen and oxygen atoms in total. The number of nitrogens with zero attached hydrogens (tertiary/aromatic N) is 2. The summed E-state index contributed by atoms with van der Waals surface area (Å²) in [5.74, 6) is -1.26. The van der Waals surface area contributed by atoms with Gasteiger partial charge in [0.2, 0.25) is 0 Å². The quantitative estimate of drug-likeness (QED) is 0.235. The van der Waals surface area contributed by atoms with Crippen LogP contribution >= 0.6 is 0 Å². The van der Waals surface area contributed by atoms with Crippen LogP contribution in [0.15, 0.2) is 96.8 Å². The molecular weight excluding hydrogens is 440 g/mol. The van der Waals surface area contributed by atoms with Crippen molar-refractivity contribution in [1.29, 1.82) is 0 Å². The summed E-state index contributed by atoms with van der Waals surface area (Å²) in [7, 11) is 1.60. The molecule has 0 radical (unpaired) electrons. The second-order valence-electron chi connectivity index (χ2n) is 8.33. The van der Waals surface area contributed by atoms with E-state index < -0.39 is 11.7 Å². The number of ketones is 1. The van der Waals surface area contributed by atoms with Crippen molar-refractivity contribution in [2.24, 2.45) is 0 Å². The Morgan fingerprint density at radius 1 is 0.943 bits per heavy atom. The monoisotopic (exact) mass is 466 g/mol. The van der Waals surface area contributed by atoms with Gasteiger partial charge in [0.25, 0.3) is 11.7 Å². The van der Waals surface area contributed by atoms with Crippen molar-refractivity contribution in [1.82, 2.24) is 9.88 Å². The maximum absolute atomic E-state index is 13.4. The number of amides is 1. The maximum Gasteiger partial charge on any atom is 0.298 e. The fourth-order valence-corrected chi connectivity index (χ4v) is 4.37. The Bertz CT molecular complexity index is 1390. The maximum atomic E-state index is 13.4. The van der Waals surface area contributed by atoms with Crippen LogP contribution in [-0.2, 0) is 9.63 Å². The van der Waals surface area contributed by atoms with Crippen molar-refractivity contribution in [2.75, 3.05) is 30.4 Å². The van der Waals surface area contributed by atoms with Gasteiger partial charge < -0.3 is 14.6 Å². The lowest BCUT2D eigenvalue weighted by Gasteiger charge is -2.28. The summed E-state index contributed by atoms with van der Waals surface area (Å²) in [4.78, 5) is 33.6. The average molecular weight is 467 g/mol. The van der Waals surface area contributed by atoms with Crippen molar-refractivity contribution in [3.8, 4) is 11.1 Å². The molecule has 0 fully saturated rings. The number of pyridine rings is 1. The van der Waals surface area contributed by atoms with Gasteiger partial charge in [-0.05, 0) is 54.1 Å². The normalized spacial score (nSPS) is 13.4. The number of aromatic nitrogens is 1. The summed E-state index contributed by atoms with van der Waals surface area (Å²) in [5, 5.41) is 2.77. The van der Waals surface area contributed by atoms with Crippen molar-refractivity contribution in [2.45, 2.75) is 6.42 Å². The van der Waals surface area contributed by atoms with E-state index in [0.717, 1.165) is 47.5 Å². The molecule has 0 saturated carbocycles. The standard InChI is InChI=1S/C28H26N4O3/c1-35-30-22-14-17-31(18-15-22)23-12-10-21(11-13-23)29-28(34)27(33)26-25(20-7-3-2-4-8-20)19-24-9-5-6-16-32(24)26/h2-14,16,19,30H,15,17-18H2,1H3,(H,29,34). The molecule has 176 valence electrons. The van der Waals surface area contributed by atoms with Crippen LogP contribution in [0.3, 0.4) is 0 Å². The van der Waals surface area contributed by atoms with Gasteiger partial charge in [-0.15, -0.1) is 0 Å². The van der Waals surface area contributed by atoms with E-state index in [9.17, 15) is 9.59 Å². The second-order valence-corrected chi connectivity index (χ2v) is 8.33. The van der Waals surface area contributed by atoms with Gasteiger partial charge in [0.1, 0.15) is 5.69 Å². The molecular formula is C28H26N4O3. The topological polar surface area (TPSA) is 75.1 Å². The Balaban J connectivity index is 1.34. The number of hydroxylamine groups is 1. The molecule has 1 amide bonds. The fraction of sp³-hybridized carbons (Fsp3) is 0.143. The number of rotatable bonds is 7. The predicted molar refractivity (Wildman–Crippen MR) is 137 cm³/mol. The molecule has 3 heterocycles. The third-order valence-electron chi connectivity index (χ3n) is 6.12. The van der Waals surface area contributed by atoms with Gasteiger partial charge >= 0.3 is 0 Å². The average Bonchev–Trinajstić information content (AvgIpc) is 3.29. The Labute approximate surface area is 203 Å². The molecule has 0 spiro atoms. The number of fused-ring (bicyclic) bond motifs is 1. The third-order valence-corrected chi connectivity index (χ3v) is 6.12. The lowest BCUT2D eigenvalue weighted by molar-refractivity contribution is -0.112. The predicted octanol–water partition coefficient (Wildman–Crippen LogP) is 4.67. The number of nitrogens with one attached hydrogen (secondary N) is 2. The minimum absolute atomic E-state index is 0.349. The van der Waals surface area contributed by atoms with Gasteiger partial charge in [0.15, 0.2) is 0 Å². The van der Waals surface area contributed by atoms with Crippen LogP contribution in [0, 0.1) is 0 Å². The Morgan fingerprint density at radius 3 is 2.43 bits per heavy atom. The number of hydrogen-bond donors (Lipinski definition) is 2. The Kier molecular flexibility index (Phi) is 6.32. The molecule has 1 aliphatic rings. The SMILES string of the molecule is CONC1=CCN(c2ccc(NC(=O)C(=O)c3c(-c4ccccc4)cc4ccccn34)cc2)CC1. The minimum atomic E-state index is -0.671. The van der Waals surface area contributed by atoms with Crippen LogP contribution in [0.1, 0.15) is 16.9 Å². The summed E-state index contributed by atoms with van der Waals surface area (Å²) in [6.45, 7) is 1.62. The van der Waals surface area contributed by atoms with Gasteiger partial charge in [0, 0.05) is 53.9 Å². The van der Waals surface area contributed by atoms with Crippen LogP contribution in [0.2, 0.25) is 0 Å². The summed E-state index contributed by atoms with van der Waals surface area (Å²) in [5.41, 5.74) is 8.39. The summed E-state index contributed by atoms with van der Waals surface area (Å²) >= 11 is 0. The van der Waals surface area contributed by atoms with E-state index in [1.165, 1.54) is 0 Å². The van der Waals surface area contributed by atoms with Crippen molar-refractivity contribution < 1.29 is 14.4 Å². The molecule has 2 aromatic heterocycles. The van der Waals surface area contributed by atoms with E-state index in [0.29, 0.717) is 11.4 Å².